The molecular weight excluding hydrogens is 155 g/mol. The summed E-state index contributed by atoms with van der Waals surface area (Å²) in [5, 5.41) is 0. The Kier molecular flexibility index (Phi) is 2.58. The van der Waals surface area contributed by atoms with Crippen LogP contribution in [-0.2, 0) is 0 Å². The minimum Gasteiger partial charge on any atom is -0.294 e. The second-order valence-corrected chi connectivity index (χ2v) is 2.69. The van der Waals surface area contributed by atoms with Crippen LogP contribution < -0.4 is 0 Å². The van der Waals surface area contributed by atoms with Crippen LogP contribution in [0.3, 0.4) is 0 Å². The van der Waals surface area contributed by atoms with Crippen LogP contribution in [0.15, 0.2) is 18.2 Å². The third-order valence-electron chi connectivity index (χ3n) is 1.89. The summed E-state index contributed by atoms with van der Waals surface area (Å²) < 4.78 is 12.9. The zero-order valence-corrected chi connectivity index (χ0v) is 7.23. The quantitative estimate of drug-likeness (QED) is 0.617. The Morgan fingerprint density at radius 1 is 1.50 bits per heavy atom. The van der Waals surface area contributed by atoms with Crippen molar-refractivity contribution in [3.05, 3.63) is 35.1 Å². The van der Waals surface area contributed by atoms with E-state index in [1.165, 1.54) is 6.07 Å². The van der Waals surface area contributed by atoms with Crippen molar-refractivity contribution in [2.24, 2.45) is 0 Å². The van der Waals surface area contributed by atoms with E-state index in [0.717, 1.165) is 0 Å². The van der Waals surface area contributed by atoms with Crippen molar-refractivity contribution in [2.45, 2.75) is 20.3 Å². The monoisotopic (exact) mass is 166 g/mol. The van der Waals surface area contributed by atoms with Gasteiger partial charge in [0.25, 0.3) is 0 Å². The number of carbonyl (C=O) groups excluding carboxylic acids is 1. The molecule has 0 N–H and O–H groups in total. The van der Waals surface area contributed by atoms with Crippen molar-refractivity contribution in [1.29, 1.82) is 0 Å². The first-order valence-electron chi connectivity index (χ1n) is 3.95. The number of halogens is 1. The normalized spacial score (nSPS) is 9.92. The molecule has 0 atom stereocenters. The van der Waals surface area contributed by atoms with Crippen LogP contribution in [0.1, 0.15) is 29.3 Å². The lowest BCUT2D eigenvalue weighted by atomic mass is 10.0. The highest BCUT2D eigenvalue weighted by Crippen LogP contribution is 2.13. The molecule has 0 unspecified atom stereocenters. The summed E-state index contributed by atoms with van der Waals surface area (Å²) >= 11 is 0. The Bertz CT molecular complexity index is 305. The van der Waals surface area contributed by atoms with Crippen LogP contribution in [0.2, 0.25) is 0 Å². The fourth-order valence-electron chi connectivity index (χ4n) is 1.10. The summed E-state index contributed by atoms with van der Waals surface area (Å²) in [6, 6.07) is 4.58. The van der Waals surface area contributed by atoms with Crippen LogP contribution in [0.5, 0.6) is 0 Å². The zero-order valence-electron chi connectivity index (χ0n) is 7.23. The molecule has 0 amide bonds. The van der Waals surface area contributed by atoms with Gasteiger partial charge in [0, 0.05) is 12.0 Å². The standard InChI is InChI=1S/C10H11FO/c1-3-10(12)8-5-4-6-9(11)7(8)2/h4-6H,3H2,1-2H3. The van der Waals surface area contributed by atoms with E-state index < -0.39 is 0 Å². The first-order chi connectivity index (χ1) is 5.66. The molecule has 0 fully saturated rings. The first kappa shape index (κ1) is 8.91. The number of carbonyl (C=O) groups is 1. The number of Topliss-reactive ketones (excluding diaryl/α,β-unsaturated/α-hetero) is 1. The Labute approximate surface area is 71.2 Å². The lowest BCUT2D eigenvalue weighted by Gasteiger charge is -2.02. The lowest BCUT2D eigenvalue weighted by Crippen LogP contribution is -2.00. The highest BCUT2D eigenvalue weighted by molar-refractivity contribution is 5.97. The predicted molar refractivity (Wildman–Crippen MR) is 45.8 cm³/mol. The molecule has 0 aliphatic carbocycles. The average molecular weight is 166 g/mol. The molecule has 0 bridgehead atoms. The van der Waals surface area contributed by atoms with E-state index in [0.29, 0.717) is 17.5 Å². The van der Waals surface area contributed by atoms with E-state index in [2.05, 4.69) is 0 Å². The van der Waals surface area contributed by atoms with Crippen molar-refractivity contribution in [3.8, 4) is 0 Å². The maximum atomic E-state index is 12.9. The minimum absolute atomic E-state index is 0.00741. The van der Waals surface area contributed by atoms with E-state index in [-0.39, 0.29) is 11.6 Å². The van der Waals surface area contributed by atoms with Crippen LogP contribution in [0.25, 0.3) is 0 Å². The van der Waals surface area contributed by atoms with Gasteiger partial charge in [0.05, 0.1) is 0 Å². The van der Waals surface area contributed by atoms with Gasteiger partial charge in [-0.15, -0.1) is 0 Å². The van der Waals surface area contributed by atoms with Crippen molar-refractivity contribution >= 4 is 5.78 Å². The third-order valence-corrected chi connectivity index (χ3v) is 1.89. The molecule has 0 heterocycles. The Hall–Kier alpha value is -1.18. The topological polar surface area (TPSA) is 17.1 Å². The largest absolute Gasteiger partial charge is 0.294 e. The summed E-state index contributed by atoms with van der Waals surface area (Å²) in [6.07, 6.45) is 0.421. The second-order valence-electron chi connectivity index (χ2n) is 2.69. The van der Waals surface area contributed by atoms with Gasteiger partial charge >= 0.3 is 0 Å². The molecule has 64 valence electrons. The van der Waals surface area contributed by atoms with E-state index in [4.69, 9.17) is 0 Å². The fourth-order valence-corrected chi connectivity index (χ4v) is 1.10. The maximum Gasteiger partial charge on any atom is 0.162 e. The zero-order chi connectivity index (χ0) is 9.14. The number of rotatable bonds is 2. The molecule has 0 saturated carbocycles. The molecule has 12 heavy (non-hydrogen) atoms. The van der Waals surface area contributed by atoms with Gasteiger partial charge in [-0.25, -0.2) is 4.39 Å². The average Bonchev–Trinajstić information content (AvgIpc) is 2.08. The molecule has 2 heteroatoms. The molecule has 1 aromatic rings. The number of ketones is 1. The van der Waals surface area contributed by atoms with Crippen molar-refractivity contribution in [1.82, 2.24) is 0 Å². The molecule has 0 aliphatic heterocycles. The fraction of sp³-hybridized carbons (Fsp3) is 0.300. The highest BCUT2D eigenvalue weighted by Gasteiger charge is 2.08. The van der Waals surface area contributed by atoms with Gasteiger partial charge < -0.3 is 0 Å². The highest BCUT2D eigenvalue weighted by atomic mass is 19.1. The van der Waals surface area contributed by atoms with Crippen molar-refractivity contribution in [3.63, 3.8) is 0 Å². The van der Waals surface area contributed by atoms with E-state index in [1.807, 2.05) is 0 Å². The van der Waals surface area contributed by atoms with Crippen molar-refractivity contribution in [2.75, 3.05) is 0 Å². The Morgan fingerprint density at radius 3 is 2.75 bits per heavy atom. The van der Waals surface area contributed by atoms with E-state index in [9.17, 15) is 9.18 Å². The number of benzene rings is 1. The van der Waals surface area contributed by atoms with Gasteiger partial charge in [0.15, 0.2) is 5.78 Å². The van der Waals surface area contributed by atoms with Gasteiger partial charge in [0.1, 0.15) is 5.82 Å². The maximum absolute atomic E-state index is 12.9. The Balaban J connectivity index is 3.16. The van der Waals surface area contributed by atoms with Crippen molar-refractivity contribution < 1.29 is 9.18 Å². The summed E-state index contributed by atoms with van der Waals surface area (Å²) in [5.41, 5.74) is 0.946. The molecule has 1 rings (SSSR count). The summed E-state index contributed by atoms with van der Waals surface area (Å²) in [7, 11) is 0. The molecule has 0 saturated heterocycles. The van der Waals surface area contributed by atoms with E-state index in [1.54, 1.807) is 26.0 Å². The summed E-state index contributed by atoms with van der Waals surface area (Å²) in [5.74, 6) is -0.318. The first-order valence-corrected chi connectivity index (χ1v) is 3.95. The van der Waals surface area contributed by atoms with Crippen LogP contribution in [-0.4, -0.2) is 5.78 Å². The van der Waals surface area contributed by atoms with Gasteiger partial charge in [0.2, 0.25) is 0 Å². The van der Waals surface area contributed by atoms with Gasteiger partial charge in [-0.1, -0.05) is 19.1 Å². The lowest BCUT2D eigenvalue weighted by molar-refractivity contribution is 0.0987. The van der Waals surface area contributed by atoms with Crippen LogP contribution in [0, 0.1) is 12.7 Å². The molecule has 0 spiro atoms. The van der Waals surface area contributed by atoms with E-state index >= 15 is 0 Å². The van der Waals surface area contributed by atoms with Crippen LogP contribution in [0.4, 0.5) is 4.39 Å². The van der Waals surface area contributed by atoms with Gasteiger partial charge in [-0.2, -0.15) is 0 Å². The molecule has 1 aromatic carbocycles. The van der Waals surface area contributed by atoms with Gasteiger partial charge in [-0.05, 0) is 18.6 Å². The molecular formula is C10H11FO. The summed E-state index contributed by atoms with van der Waals surface area (Å²) in [4.78, 5) is 11.2. The van der Waals surface area contributed by atoms with Crippen LogP contribution >= 0.6 is 0 Å². The van der Waals surface area contributed by atoms with Gasteiger partial charge in [-0.3, -0.25) is 4.79 Å². The SMILES string of the molecule is CCC(=O)c1cccc(F)c1C. The minimum atomic E-state index is -0.311. The smallest absolute Gasteiger partial charge is 0.162 e. The summed E-state index contributed by atoms with van der Waals surface area (Å²) in [6.45, 7) is 3.39. The molecule has 0 aromatic heterocycles. The molecule has 1 nitrogen and oxygen atoms in total. The molecule has 0 aliphatic rings. The molecule has 0 radical (unpaired) electrons. The Morgan fingerprint density at radius 2 is 2.17 bits per heavy atom. The predicted octanol–water partition coefficient (Wildman–Crippen LogP) is 2.73. The second kappa shape index (κ2) is 3.48. The number of hydrogen-bond acceptors (Lipinski definition) is 1. The number of hydrogen-bond donors (Lipinski definition) is 0. The third kappa shape index (κ3) is 1.52.